The molecule has 3 aliphatic rings. The summed E-state index contributed by atoms with van der Waals surface area (Å²) in [5.74, 6) is 0.737. The molecule has 2 atom stereocenters. The minimum Gasteiger partial charge on any atom is -0.342 e. The van der Waals surface area contributed by atoms with E-state index in [9.17, 15) is 13.6 Å². The quantitative estimate of drug-likeness (QED) is 0.824. The molecule has 1 amide bonds. The van der Waals surface area contributed by atoms with Crippen molar-refractivity contribution in [3.63, 3.8) is 0 Å². The third-order valence-electron chi connectivity index (χ3n) is 6.30. The molecule has 156 valence electrons. The minimum atomic E-state index is -0.846. The first kappa shape index (κ1) is 20.2. The summed E-state index contributed by atoms with van der Waals surface area (Å²) in [7, 11) is 0. The van der Waals surface area contributed by atoms with Gasteiger partial charge in [-0.15, -0.1) is 22.6 Å². The molecule has 1 saturated heterocycles. The molecule has 3 heterocycles. The number of nitrogens with zero attached hydrogens (tertiary/aromatic N) is 4. The van der Waals surface area contributed by atoms with Crippen molar-refractivity contribution < 1.29 is 13.6 Å². The van der Waals surface area contributed by atoms with Gasteiger partial charge in [-0.05, 0) is 42.9 Å². The molecule has 2 unspecified atom stereocenters. The minimum absolute atomic E-state index is 0. The van der Waals surface area contributed by atoms with Crippen LogP contribution in [-0.4, -0.2) is 45.2 Å². The van der Waals surface area contributed by atoms with Gasteiger partial charge in [-0.1, -0.05) is 6.07 Å². The summed E-state index contributed by atoms with van der Waals surface area (Å²) in [6.45, 7) is 4.02. The number of hydrogen-bond acceptors (Lipinski definition) is 4. The maximum absolute atomic E-state index is 13.5. The monoisotopic (exact) mass is 423 g/mol. The smallest absolute Gasteiger partial charge is 0.226 e. The number of carbonyl (C=O) groups is 1. The lowest BCUT2D eigenvalue weighted by molar-refractivity contribution is -0.133. The molecule has 2 aromatic rings. The largest absolute Gasteiger partial charge is 0.342 e. The van der Waals surface area contributed by atoms with Gasteiger partial charge in [-0.3, -0.25) is 4.79 Å². The van der Waals surface area contributed by atoms with Crippen molar-refractivity contribution in [3.8, 4) is 0 Å². The average molecular weight is 424 g/mol. The van der Waals surface area contributed by atoms with Crippen molar-refractivity contribution in [1.82, 2.24) is 25.0 Å². The molecule has 0 spiro atoms. The molecule has 0 bridgehead atoms. The van der Waals surface area contributed by atoms with Gasteiger partial charge in [0.15, 0.2) is 11.6 Å². The van der Waals surface area contributed by atoms with Crippen molar-refractivity contribution in [1.29, 1.82) is 0 Å². The summed E-state index contributed by atoms with van der Waals surface area (Å²) in [5.41, 5.74) is 0.718. The Balaban J connectivity index is 0.00000205. The average Bonchev–Trinajstić information content (AvgIpc) is 3.41. The number of nitrogens with one attached hydrogen (secondary N) is 1. The lowest BCUT2D eigenvalue weighted by Crippen LogP contribution is -2.39. The van der Waals surface area contributed by atoms with Gasteiger partial charge in [0, 0.05) is 38.0 Å². The normalized spacial score (nSPS) is 24.0. The number of hydrogen-bond donors (Lipinski definition) is 1. The molecule has 1 N–H and O–H groups in total. The molecule has 1 aromatic carbocycles. The Kier molecular flexibility index (Phi) is 5.57. The van der Waals surface area contributed by atoms with E-state index in [1.54, 1.807) is 6.07 Å². The zero-order chi connectivity index (χ0) is 19.3. The van der Waals surface area contributed by atoms with Crippen LogP contribution in [0.1, 0.15) is 48.3 Å². The van der Waals surface area contributed by atoms with Gasteiger partial charge in [-0.25, -0.2) is 8.78 Å². The predicted molar refractivity (Wildman–Crippen MR) is 105 cm³/mol. The Morgan fingerprint density at radius 2 is 1.90 bits per heavy atom. The Hall–Kier alpha value is -2.06. The molecule has 2 fully saturated rings. The SMILES string of the molecule is Cl.O=C(C1CC1c1ccc(F)c(F)c1)N1CCC(c2nnc3n2CCNC3)CC1. The van der Waals surface area contributed by atoms with E-state index in [-0.39, 0.29) is 30.2 Å². The number of benzene rings is 1. The van der Waals surface area contributed by atoms with Gasteiger partial charge in [0.25, 0.3) is 0 Å². The summed E-state index contributed by atoms with van der Waals surface area (Å²) in [6, 6.07) is 3.96. The van der Waals surface area contributed by atoms with Crippen LogP contribution in [0.5, 0.6) is 0 Å². The number of likely N-dealkylation sites (tertiary alicyclic amines) is 1. The Labute approximate surface area is 174 Å². The van der Waals surface area contributed by atoms with Crippen LogP contribution < -0.4 is 5.32 Å². The molecule has 6 nitrogen and oxygen atoms in total. The van der Waals surface area contributed by atoms with Gasteiger partial charge in [0.05, 0.1) is 6.54 Å². The zero-order valence-electron chi connectivity index (χ0n) is 16.0. The second kappa shape index (κ2) is 7.99. The van der Waals surface area contributed by atoms with Crippen molar-refractivity contribution in [3.05, 3.63) is 47.0 Å². The Morgan fingerprint density at radius 1 is 1.10 bits per heavy atom. The van der Waals surface area contributed by atoms with E-state index in [1.807, 2.05) is 4.90 Å². The second-order valence-electron chi connectivity index (χ2n) is 8.02. The van der Waals surface area contributed by atoms with E-state index < -0.39 is 11.6 Å². The highest BCUT2D eigenvalue weighted by atomic mass is 35.5. The summed E-state index contributed by atoms with van der Waals surface area (Å²) < 4.78 is 28.8. The summed E-state index contributed by atoms with van der Waals surface area (Å²) in [6.07, 6.45) is 2.49. The van der Waals surface area contributed by atoms with Crippen LogP contribution in [0.4, 0.5) is 8.78 Å². The van der Waals surface area contributed by atoms with Gasteiger partial charge in [0.1, 0.15) is 11.6 Å². The number of amides is 1. The summed E-state index contributed by atoms with van der Waals surface area (Å²) >= 11 is 0. The van der Waals surface area contributed by atoms with Gasteiger partial charge in [0.2, 0.25) is 5.91 Å². The van der Waals surface area contributed by atoms with Crippen LogP contribution in [0.3, 0.4) is 0 Å². The van der Waals surface area contributed by atoms with Crippen LogP contribution in [-0.2, 0) is 17.9 Å². The predicted octanol–water partition coefficient (Wildman–Crippen LogP) is 2.59. The van der Waals surface area contributed by atoms with Crippen LogP contribution in [0.2, 0.25) is 0 Å². The summed E-state index contributed by atoms with van der Waals surface area (Å²) in [4.78, 5) is 14.8. The molecule has 1 aromatic heterocycles. The van der Waals surface area contributed by atoms with Gasteiger partial charge < -0.3 is 14.8 Å². The number of rotatable bonds is 3. The van der Waals surface area contributed by atoms with Crippen LogP contribution in [0.15, 0.2) is 18.2 Å². The van der Waals surface area contributed by atoms with Crippen molar-refractivity contribution in [2.45, 2.75) is 44.2 Å². The van der Waals surface area contributed by atoms with Gasteiger partial charge in [-0.2, -0.15) is 0 Å². The molecule has 29 heavy (non-hydrogen) atoms. The standard InChI is InChI=1S/C20H23F2N5O.ClH/c21-16-2-1-13(9-17(16)22)14-10-15(14)20(28)26-6-3-12(4-7-26)19-25-24-18-11-23-5-8-27(18)19;/h1-2,9,12,14-15,23H,3-8,10-11H2;1H. The fraction of sp³-hybridized carbons (Fsp3) is 0.550. The fourth-order valence-electron chi connectivity index (χ4n) is 4.59. The highest BCUT2D eigenvalue weighted by Crippen LogP contribution is 2.49. The highest BCUT2D eigenvalue weighted by Gasteiger charge is 2.46. The van der Waals surface area contributed by atoms with E-state index >= 15 is 0 Å². The van der Waals surface area contributed by atoms with E-state index in [4.69, 9.17) is 0 Å². The molecular weight excluding hydrogens is 400 g/mol. The molecule has 2 aliphatic heterocycles. The zero-order valence-corrected chi connectivity index (χ0v) is 16.8. The van der Waals surface area contributed by atoms with Crippen molar-refractivity contribution in [2.75, 3.05) is 19.6 Å². The van der Waals surface area contributed by atoms with E-state index in [2.05, 4.69) is 20.1 Å². The lowest BCUT2D eigenvalue weighted by atomic mass is 9.95. The Bertz CT molecular complexity index is 912. The maximum Gasteiger partial charge on any atom is 0.226 e. The van der Waals surface area contributed by atoms with Crippen LogP contribution in [0.25, 0.3) is 0 Å². The highest BCUT2D eigenvalue weighted by molar-refractivity contribution is 5.85. The summed E-state index contributed by atoms with van der Waals surface area (Å²) in [5, 5.41) is 12.0. The number of carbonyl (C=O) groups excluding carboxylic acids is 1. The third-order valence-corrected chi connectivity index (χ3v) is 6.30. The number of aromatic nitrogens is 3. The molecule has 1 saturated carbocycles. The molecule has 0 radical (unpaired) electrons. The van der Waals surface area contributed by atoms with E-state index in [1.165, 1.54) is 6.07 Å². The van der Waals surface area contributed by atoms with Crippen LogP contribution >= 0.6 is 12.4 Å². The van der Waals surface area contributed by atoms with E-state index in [0.717, 1.165) is 55.8 Å². The lowest BCUT2D eigenvalue weighted by Gasteiger charge is -2.32. The molecule has 9 heteroatoms. The molecule has 1 aliphatic carbocycles. The second-order valence-corrected chi connectivity index (χ2v) is 8.02. The Morgan fingerprint density at radius 3 is 2.66 bits per heavy atom. The first-order chi connectivity index (χ1) is 13.6. The molecule has 5 rings (SSSR count). The maximum atomic E-state index is 13.5. The first-order valence-electron chi connectivity index (χ1n) is 9.98. The van der Waals surface area contributed by atoms with Crippen LogP contribution in [0, 0.1) is 17.6 Å². The van der Waals surface area contributed by atoms with Crippen molar-refractivity contribution >= 4 is 18.3 Å². The molecular formula is C20H24ClF2N5O. The third kappa shape index (κ3) is 3.75. The van der Waals surface area contributed by atoms with Gasteiger partial charge >= 0.3 is 0 Å². The fourth-order valence-corrected chi connectivity index (χ4v) is 4.59. The topological polar surface area (TPSA) is 63.1 Å². The van der Waals surface area contributed by atoms with E-state index in [0.29, 0.717) is 25.4 Å². The number of piperidine rings is 1. The number of fused-ring (bicyclic) bond motifs is 1. The van der Waals surface area contributed by atoms with Crippen molar-refractivity contribution in [2.24, 2.45) is 5.92 Å². The number of halogens is 3. The first-order valence-corrected chi connectivity index (χ1v) is 9.98.